The van der Waals surface area contributed by atoms with E-state index in [-0.39, 0.29) is 17.6 Å². The summed E-state index contributed by atoms with van der Waals surface area (Å²) in [6.45, 7) is 6.56. The van der Waals surface area contributed by atoms with Gasteiger partial charge in [-0.15, -0.1) is 0 Å². The molecule has 0 bridgehead atoms. The van der Waals surface area contributed by atoms with Crippen molar-refractivity contribution >= 4 is 46.3 Å². The summed E-state index contributed by atoms with van der Waals surface area (Å²) in [6.07, 6.45) is 4.95. The fourth-order valence-corrected chi connectivity index (χ4v) is 6.99. The quantitative estimate of drug-likeness (QED) is 0.239. The number of nitrogens with zero attached hydrogens (tertiary/aromatic N) is 4. The smallest absolute Gasteiger partial charge is 0.335 e. The van der Waals surface area contributed by atoms with Crippen molar-refractivity contribution in [3.63, 3.8) is 0 Å². The standard InChI is InChI=1S/C32H32ClN5O2S/c1-20-15-21(2)19-36(18-20)27-12-11-24(17-25(27)33)38-30(29(35-32(38)41)26-9-3-4-13-34-26)28-10-6-14-37(28)23-8-5-7-22(16-23)31(39)40/h3-14,16-17,20-21,29-30H,15,18-19H2,1-2H3,(H,35,41)(H,39,40)/t20-,21-,29-,30-/m0/s1. The minimum atomic E-state index is -0.968. The lowest BCUT2D eigenvalue weighted by Gasteiger charge is -2.37. The Morgan fingerprint density at radius 1 is 1.00 bits per heavy atom. The Bertz CT molecular complexity index is 1580. The van der Waals surface area contributed by atoms with E-state index in [1.807, 2.05) is 53.2 Å². The number of piperidine rings is 1. The van der Waals surface area contributed by atoms with Crippen LogP contribution >= 0.6 is 23.8 Å². The number of carbonyl (C=O) groups is 1. The van der Waals surface area contributed by atoms with Gasteiger partial charge in [0.05, 0.1) is 28.0 Å². The van der Waals surface area contributed by atoms with Crippen LogP contribution in [0.25, 0.3) is 5.69 Å². The number of nitrogens with one attached hydrogen (secondary N) is 1. The van der Waals surface area contributed by atoms with E-state index >= 15 is 0 Å². The number of hydrogen-bond donors (Lipinski definition) is 2. The van der Waals surface area contributed by atoms with Crippen LogP contribution in [-0.2, 0) is 0 Å². The maximum Gasteiger partial charge on any atom is 0.335 e. The first kappa shape index (κ1) is 27.3. The van der Waals surface area contributed by atoms with Gasteiger partial charge in [-0.3, -0.25) is 4.98 Å². The highest BCUT2D eigenvalue weighted by atomic mass is 35.5. The molecule has 0 unspecified atom stereocenters. The first-order chi connectivity index (χ1) is 19.8. The van der Waals surface area contributed by atoms with Crippen LogP contribution in [0, 0.1) is 11.8 Å². The molecule has 210 valence electrons. The van der Waals surface area contributed by atoms with Gasteiger partial charge in [-0.1, -0.05) is 37.6 Å². The lowest BCUT2D eigenvalue weighted by atomic mass is 9.91. The molecule has 2 N–H and O–H groups in total. The molecule has 4 atom stereocenters. The predicted octanol–water partition coefficient (Wildman–Crippen LogP) is 6.88. The highest BCUT2D eigenvalue weighted by molar-refractivity contribution is 7.80. The third-order valence-electron chi connectivity index (χ3n) is 7.97. The van der Waals surface area contributed by atoms with Crippen LogP contribution in [0.3, 0.4) is 0 Å². The first-order valence-corrected chi connectivity index (χ1v) is 14.6. The van der Waals surface area contributed by atoms with Gasteiger partial charge in [0.2, 0.25) is 0 Å². The van der Waals surface area contributed by atoms with Crippen LogP contribution in [0.15, 0.2) is 85.2 Å². The molecule has 7 nitrogen and oxygen atoms in total. The van der Waals surface area contributed by atoms with Gasteiger partial charge in [-0.2, -0.15) is 0 Å². The molecule has 0 spiro atoms. The highest BCUT2D eigenvalue weighted by Gasteiger charge is 2.42. The summed E-state index contributed by atoms with van der Waals surface area (Å²) in [4.78, 5) is 20.9. The number of aromatic carboxylic acids is 1. The largest absolute Gasteiger partial charge is 0.478 e. The zero-order valence-electron chi connectivity index (χ0n) is 22.9. The van der Waals surface area contributed by atoms with Gasteiger partial charge in [0, 0.05) is 42.6 Å². The van der Waals surface area contributed by atoms with Crippen molar-refractivity contribution in [2.75, 3.05) is 22.9 Å². The first-order valence-electron chi connectivity index (χ1n) is 13.9. The second kappa shape index (κ2) is 11.2. The number of aromatic nitrogens is 2. The molecule has 2 saturated heterocycles. The van der Waals surface area contributed by atoms with Crippen molar-refractivity contribution in [3.8, 4) is 5.69 Å². The van der Waals surface area contributed by atoms with E-state index < -0.39 is 5.97 Å². The van der Waals surface area contributed by atoms with Crippen molar-refractivity contribution in [2.24, 2.45) is 11.8 Å². The number of anilines is 2. The molecule has 2 aliphatic rings. The summed E-state index contributed by atoms with van der Waals surface area (Å²) in [5, 5.41) is 14.4. The third kappa shape index (κ3) is 5.29. The number of halogens is 1. The summed E-state index contributed by atoms with van der Waals surface area (Å²) in [7, 11) is 0. The van der Waals surface area contributed by atoms with Crippen LogP contribution in [-0.4, -0.2) is 38.8 Å². The SMILES string of the molecule is C[C@H]1C[C@H](C)CN(c2ccc(N3C(=S)N[C@@H](c4ccccn4)[C@@H]3c3cccn3-c3cccc(C(=O)O)c3)cc2Cl)C1. The Kier molecular flexibility index (Phi) is 7.45. The van der Waals surface area contributed by atoms with Gasteiger partial charge in [0.15, 0.2) is 5.11 Å². The van der Waals surface area contributed by atoms with Crippen LogP contribution < -0.4 is 15.1 Å². The molecular formula is C32H32ClN5O2S. The second-order valence-electron chi connectivity index (χ2n) is 11.1. The summed E-state index contributed by atoms with van der Waals surface area (Å²) >= 11 is 12.9. The summed E-state index contributed by atoms with van der Waals surface area (Å²) in [6, 6.07) is 22.5. The number of hydrogen-bond acceptors (Lipinski definition) is 4. The van der Waals surface area contributed by atoms with Crippen LogP contribution in [0.2, 0.25) is 5.02 Å². The number of rotatable bonds is 6. The maximum atomic E-state index is 11.7. The van der Waals surface area contributed by atoms with Crippen molar-refractivity contribution in [1.82, 2.24) is 14.9 Å². The molecule has 4 aromatic rings. The topological polar surface area (TPSA) is 73.6 Å². The molecule has 0 aliphatic carbocycles. The Labute approximate surface area is 250 Å². The Morgan fingerprint density at radius 3 is 2.51 bits per heavy atom. The number of pyridine rings is 1. The fourth-order valence-electron chi connectivity index (χ4n) is 6.35. The molecule has 9 heteroatoms. The monoisotopic (exact) mass is 585 g/mol. The number of benzene rings is 2. The number of thiocarbonyl (C=S) groups is 1. The van der Waals surface area contributed by atoms with Crippen molar-refractivity contribution in [1.29, 1.82) is 0 Å². The summed E-state index contributed by atoms with van der Waals surface area (Å²) in [5.41, 5.74) is 4.69. The van der Waals surface area contributed by atoms with Gasteiger partial charge >= 0.3 is 5.97 Å². The molecular weight excluding hydrogens is 554 g/mol. The zero-order chi connectivity index (χ0) is 28.7. The van der Waals surface area contributed by atoms with Gasteiger partial charge in [-0.05, 0) is 91.1 Å². The maximum absolute atomic E-state index is 11.7. The Balaban J connectivity index is 1.43. The molecule has 2 fully saturated rings. The molecule has 41 heavy (non-hydrogen) atoms. The molecule has 2 aromatic heterocycles. The average Bonchev–Trinajstić information content (AvgIpc) is 3.57. The molecule has 2 aliphatic heterocycles. The van der Waals surface area contributed by atoms with Gasteiger partial charge in [0.1, 0.15) is 6.04 Å². The normalized spacial score (nSPS) is 22.6. The van der Waals surface area contributed by atoms with E-state index in [0.29, 0.717) is 22.0 Å². The van der Waals surface area contributed by atoms with E-state index in [4.69, 9.17) is 23.8 Å². The van der Waals surface area contributed by atoms with Gasteiger partial charge in [-0.25, -0.2) is 4.79 Å². The lowest BCUT2D eigenvalue weighted by molar-refractivity contribution is 0.0697. The fraction of sp³-hybridized carbons (Fsp3) is 0.281. The van der Waals surface area contributed by atoms with Crippen molar-refractivity contribution in [3.05, 3.63) is 107 Å². The summed E-state index contributed by atoms with van der Waals surface area (Å²) in [5.74, 6) is 0.256. The third-order valence-corrected chi connectivity index (χ3v) is 8.59. The number of carboxylic acids is 1. The zero-order valence-corrected chi connectivity index (χ0v) is 24.5. The minimum absolute atomic E-state index is 0.226. The highest BCUT2D eigenvalue weighted by Crippen LogP contribution is 2.44. The summed E-state index contributed by atoms with van der Waals surface area (Å²) < 4.78 is 2.02. The van der Waals surface area contributed by atoms with E-state index in [1.54, 1.807) is 24.4 Å². The van der Waals surface area contributed by atoms with E-state index in [9.17, 15) is 9.90 Å². The molecule has 0 radical (unpaired) electrons. The second-order valence-corrected chi connectivity index (χ2v) is 11.9. The average molecular weight is 586 g/mol. The minimum Gasteiger partial charge on any atom is -0.478 e. The number of carboxylic acid groups (broad SMARTS) is 1. The van der Waals surface area contributed by atoms with Crippen molar-refractivity contribution in [2.45, 2.75) is 32.4 Å². The molecule has 6 rings (SSSR count). The van der Waals surface area contributed by atoms with Crippen LogP contribution in [0.1, 0.15) is 54.1 Å². The van der Waals surface area contributed by atoms with Crippen molar-refractivity contribution < 1.29 is 9.90 Å². The van der Waals surface area contributed by atoms with Gasteiger partial charge < -0.3 is 24.8 Å². The Morgan fingerprint density at radius 2 is 1.80 bits per heavy atom. The molecule has 0 amide bonds. The van der Waals surface area contributed by atoms with Crippen LogP contribution in [0.5, 0.6) is 0 Å². The molecule has 0 saturated carbocycles. The molecule has 2 aromatic carbocycles. The van der Waals surface area contributed by atoms with E-state index in [0.717, 1.165) is 41.5 Å². The predicted molar refractivity (Wildman–Crippen MR) is 167 cm³/mol. The lowest BCUT2D eigenvalue weighted by Crippen LogP contribution is -2.38. The van der Waals surface area contributed by atoms with E-state index in [1.165, 1.54) is 6.42 Å². The molecule has 4 heterocycles. The van der Waals surface area contributed by atoms with E-state index in [2.05, 4.69) is 46.1 Å². The van der Waals surface area contributed by atoms with Crippen LogP contribution in [0.4, 0.5) is 11.4 Å². The van der Waals surface area contributed by atoms with Gasteiger partial charge in [0.25, 0.3) is 0 Å². The Hall–Kier alpha value is -3.88.